The van der Waals surface area contributed by atoms with E-state index in [0.717, 1.165) is 18.4 Å². The molecule has 1 fully saturated rings. The molecule has 0 aromatic heterocycles. The summed E-state index contributed by atoms with van der Waals surface area (Å²) in [5, 5.41) is 0. The summed E-state index contributed by atoms with van der Waals surface area (Å²) in [4.78, 5) is 2.69. The third-order valence-corrected chi connectivity index (χ3v) is 4.95. The van der Waals surface area contributed by atoms with Gasteiger partial charge in [0.25, 0.3) is 0 Å². The number of rotatable bonds is 7. The van der Waals surface area contributed by atoms with Crippen LogP contribution in [0, 0.1) is 17.3 Å². The highest BCUT2D eigenvalue weighted by molar-refractivity contribution is 4.76. The predicted molar refractivity (Wildman–Crippen MR) is 85.3 cm³/mol. The fourth-order valence-corrected chi connectivity index (χ4v) is 3.46. The van der Waals surface area contributed by atoms with Gasteiger partial charge in [0.15, 0.2) is 0 Å². The zero-order chi connectivity index (χ0) is 14.3. The SMILES string of the molecule is CCC1CCCN(CCCC(CCN)C(C)(C)C)C1. The smallest absolute Gasteiger partial charge is 0.000956 e. The monoisotopic (exact) mass is 268 g/mol. The van der Waals surface area contributed by atoms with Crippen LogP contribution < -0.4 is 5.73 Å². The first-order valence-corrected chi connectivity index (χ1v) is 8.39. The lowest BCUT2D eigenvalue weighted by atomic mass is 9.76. The first kappa shape index (κ1) is 17.0. The van der Waals surface area contributed by atoms with Gasteiger partial charge >= 0.3 is 0 Å². The van der Waals surface area contributed by atoms with Crippen LogP contribution in [0.4, 0.5) is 0 Å². The highest BCUT2D eigenvalue weighted by Crippen LogP contribution is 2.32. The molecule has 1 saturated heterocycles. The molecule has 1 rings (SSSR count). The van der Waals surface area contributed by atoms with Crippen molar-refractivity contribution in [2.45, 2.75) is 66.2 Å². The second-order valence-electron chi connectivity index (χ2n) is 7.50. The highest BCUT2D eigenvalue weighted by atomic mass is 15.1. The Balaban J connectivity index is 2.27. The van der Waals surface area contributed by atoms with Crippen molar-refractivity contribution in [1.29, 1.82) is 0 Å². The average molecular weight is 268 g/mol. The molecule has 0 saturated carbocycles. The van der Waals surface area contributed by atoms with E-state index >= 15 is 0 Å². The molecule has 0 spiro atoms. The van der Waals surface area contributed by atoms with Crippen LogP contribution in [0.25, 0.3) is 0 Å². The molecule has 0 aromatic carbocycles. The summed E-state index contributed by atoms with van der Waals surface area (Å²) < 4.78 is 0. The Kier molecular flexibility index (Phi) is 7.38. The number of hydrogen-bond donors (Lipinski definition) is 1. The van der Waals surface area contributed by atoms with Crippen molar-refractivity contribution in [2.75, 3.05) is 26.2 Å². The third-order valence-electron chi connectivity index (χ3n) is 4.95. The van der Waals surface area contributed by atoms with Gasteiger partial charge in [0.2, 0.25) is 0 Å². The Morgan fingerprint density at radius 2 is 2.00 bits per heavy atom. The molecule has 0 aliphatic carbocycles. The summed E-state index contributed by atoms with van der Waals surface area (Å²) in [6.07, 6.45) is 8.08. The van der Waals surface area contributed by atoms with E-state index < -0.39 is 0 Å². The van der Waals surface area contributed by atoms with Crippen molar-refractivity contribution < 1.29 is 0 Å². The Hall–Kier alpha value is -0.0800. The van der Waals surface area contributed by atoms with E-state index in [4.69, 9.17) is 5.73 Å². The molecule has 2 unspecified atom stereocenters. The van der Waals surface area contributed by atoms with E-state index in [0.29, 0.717) is 5.41 Å². The molecule has 2 atom stereocenters. The van der Waals surface area contributed by atoms with Crippen LogP contribution in [-0.2, 0) is 0 Å². The van der Waals surface area contributed by atoms with Gasteiger partial charge in [-0.15, -0.1) is 0 Å². The van der Waals surface area contributed by atoms with Crippen molar-refractivity contribution in [3.8, 4) is 0 Å². The zero-order valence-electron chi connectivity index (χ0n) is 13.8. The number of piperidine rings is 1. The summed E-state index contributed by atoms with van der Waals surface area (Å²) in [6.45, 7) is 14.2. The molecular formula is C17H36N2. The van der Waals surface area contributed by atoms with Gasteiger partial charge in [-0.1, -0.05) is 34.1 Å². The Morgan fingerprint density at radius 3 is 2.58 bits per heavy atom. The fourth-order valence-electron chi connectivity index (χ4n) is 3.46. The lowest BCUT2D eigenvalue weighted by Crippen LogP contribution is -2.36. The van der Waals surface area contributed by atoms with Crippen LogP contribution in [0.15, 0.2) is 0 Å². The van der Waals surface area contributed by atoms with Gasteiger partial charge < -0.3 is 10.6 Å². The molecule has 2 heteroatoms. The molecule has 1 aliphatic rings. The van der Waals surface area contributed by atoms with Crippen LogP contribution in [0.5, 0.6) is 0 Å². The van der Waals surface area contributed by atoms with Gasteiger partial charge in [0, 0.05) is 6.54 Å². The number of hydrogen-bond acceptors (Lipinski definition) is 2. The first-order chi connectivity index (χ1) is 8.97. The van der Waals surface area contributed by atoms with Crippen molar-refractivity contribution in [2.24, 2.45) is 23.0 Å². The van der Waals surface area contributed by atoms with Gasteiger partial charge in [0.1, 0.15) is 0 Å². The minimum atomic E-state index is 0.410. The summed E-state index contributed by atoms with van der Waals surface area (Å²) in [6, 6.07) is 0. The molecule has 0 bridgehead atoms. The van der Waals surface area contributed by atoms with E-state index in [1.807, 2.05) is 0 Å². The molecule has 0 radical (unpaired) electrons. The van der Waals surface area contributed by atoms with Crippen molar-refractivity contribution in [3.63, 3.8) is 0 Å². The summed E-state index contributed by atoms with van der Waals surface area (Å²) in [7, 11) is 0. The van der Waals surface area contributed by atoms with Gasteiger partial charge in [-0.05, 0) is 69.0 Å². The van der Waals surface area contributed by atoms with E-state index in [1.165, 1.54) is 58.2 Å². The maximum atomic E-state index is 5.77. The second kappa shape index (κ2) is 8.26. The summed E-state index contributed by atoms with van der Waals surface area (Å²) in [5.41, 5.74) is 6.18. The van der Waals surface area contributed by atoms with Gasteiger partial charge in [-0.3, -0.25) is 0 Å². The van der Waals surface area contributed by atoms with Crippen LogP contribution in [-0.4, -0.2) is 31.1 Å². The van der Waals surface area contributed by atoms with Gasteiger partial charge in [0.05, 0.1) is 0 Å². The van der Waals surface area contributed by atoms with Crippen LogP contribution >= 0.6 is 0 Å². The molecule has 0 aromatic rings. The van der Waals surface area contributed by atoms with Gasteiger partial charge in [-0.25, -0.2) is 0 Å². The molecule has 0 amide bonds. The minimum Gasteiger partial charge on any atom is -0.330 e. The number of nitrogens with zero attached hydrogens (tertiary/aromatic N) is 1. The fraction of sp³-hybridized carbons (Fsp3) is 1.00. The maximum absolute atomic E-state index is 5.77. The van der Waals surface area contributed by atoms with Crippen LogP contribution in [0.1, 0.15) is 66.2 Å². The lowest BCUT2D eigenvalue weighted by Gasteiger charge is -2.34. The number of nitrogens with two attached hydrogens (primary N) is 1. The molecule has 1 aliphatic heterocycles. The Bertz CT molecular complexity index is 232. The topological polar surface area (TPSA) is 29.3 Å². The molecular weight excluding hydrogens is 232 g/mol. The molecule has 114 valence electrons. The van der Waals surface area contributed by atoms with E-state index in [9.17, 15) is 0 Å². The van der Waals surface area contributed by atoms with Crippen molar-refractivity contribution in [1.82, 2.24) is 4.90 Å². The van der Waals surface area contributed by atoms with E-state index in [2.05, 4.69) is 32.6 Å². The second-order valence-corrected chi connectivity index (χ2v) is 7.50. The van der Waals surface area contributed by atoms with E-state index in [1.54, 1.807) is 0 Å². The normalized spacial score (nSPS) is 23.5. The quantitative estimate of drug-likeness (QED) is 0.759. The Morgan fingerprint density at radius 1 is 1.26 bits per heavy atom. The van der Waals surface area contributed by atoms with Crippen LogP contribution in [0.2, 0.25) is 0 Å². The minimum absolute atomic E-state index is 0.410. The third kappa shape index (κ3) is 6.27. The Labute approximate surface area is 121 Å². The maximum Gasteiger partial charge on any atom is 0.000956 e. The zero-order valence-corrected chi connectivity index (χ0v) is 13.8. The van der Waals surface area contributed by atoms with Crippen LogP contribution in [0.3, 0.4) is 0 Å². The summed E-state index contributed by atoms with van der Waals surface area (Å²) >= 11 is 0. The largest absolute Gasteiger partial charge is 0.330 e. The molecule has 2 N–H and O–H groups in total. The molecule has 1 heterocycles. The highest BCUT2D eigenvalue weighted by Gasteiger charge is 2.24. The predicted octanol–water partition coefficient (Wildman–Crippen LogP) is 3.90. The van der Waals surface area contributed by atoms with Gasteiger partial charge in [-0.2, -0.15) is 0 Å². The molecule has 19 heavy (non-hydrogen) atoms. The van der Waals surface area contributed by atoms with Crippen molar-refractivity contribution in [3.05, 3.63) is 0 Å². The average Bonchev–Trinajstić information content (AvgIpc) is 2.37. The van der Waals surface area contributed by atoms with Crippen molar-refractivity contribution >= 4 is 0 Å². The summed E-state index contributed by atoms with van der Waals surface area (Å²) in [5.74, 6) is 1.74. The van der Waals surface area contributed by atoms with E-state index in [-0.39, 0.29) is 0 Å². The standard InChI is InChI=1S/C17H36N2/c1-5-15-8-6-12-19(14-15)13-7-9-16(10-11-18)17(2,3)4/h15-16H,5-14,18H2,1-4H3. The number of likely N-dealkylation sites (tertiary alicyclic amines) is 1. The molecule has 2 nitrogen and oxygen atoms in total. The lowest BCUT2D eigenvalue weighted by molar-refractivity contribution is 0.153. The first-order valence-electron chi connectivity index (χ1n) is 8.39.